The van der Waals surface area contributed by atoms with Crippen molar-refractivity contribution in [2.45, 2.75) is 46.3 Å². The van der Waals surface area contributed by atoms with E-state index in [2.05, 4.69) is 5.16 Å². The maximum absolute atomic E-state index is 14.2. The summed E-state index contributed by atoms with van der Waals surface area (Å²) in [6.07, 6.45) is 0.440. The zero-order chi connectivity index (χ0) is 21.0. The third-order valence-corrected chi connectivity index (χ3v) is 4.67. The molecule has 0 spiro atoms. The summed E-state index contributed by atoms with van der Waals surface area (Å²) in [4.78, 5) is 20.1. The fraction of sp³-hybridized carbons (Fsp3) is 0.391. The molecular weight excluding hydrogens is 374 g/mol. The molecule has 2 aromatic rings. The van der Waals surface area contributed by atoms with Crippen LogP contribution >= 0.6 is 0 Å². The van der Waals surface area contributed by atoms with Crippen molar-refractivity contribution in [3.05, 3.63) is 71.3 Å². The van der Waals surface area contributed by atoms with E-state index in [0.717, 1.165) is 0 Å². The number of rotatable bonds is 6. The molecule has 1 heterocycles. The average molecular weight is 400 g/mol. The van der Waals surface area contributed by atoms with Crippen LogP contribution in [-0.2, 0) is 16.2 Å². The molecule has 154 valence electrons. The van der Waals surface area contributed by atoms with Gasteiger partial charge in [-0.15, -0.1) is 0 Å². The first-order chi connectivity index (χ1) is 13.7. The van der Waals surface area contributed by atoms with Crippen LogP contribution in [0.25, 0.3) is 0 Å². The lowest BCUT2D eigenvalue weighted by Crippen LogP contribution is -2.39. The molecule has 0 radical (unpaired) electrons. The molecule has 0 fully saturated rings. The van der Waals surface area contributed by atoms with E-state index in [0.29, 0.717) is 29.7 Å². The summed E-state index contributed by atoms with van der Waals surface area (Å²) in [7, 11) is 0. The van der Waals surface area contributed by atoms with Gasteiger partial charge in [-0.3, -0.25) is 4.79 Å². The molecule has 0 aliphatic carbocycles. The third-order valence-electron chi connectivity index (χ3n) is 4.67. The Morgan fingerprint density at radius 2 is 1.93 bits per heavy atom. The minimum absolute atomic E-state index is 0.0661. The lowest BCUT2D eigenvalue weighted by Gasteiger charge is -2.28. The van der Waals surface area contributed by atoms with Crippen LogP contribution in [-0.4, -0.2) is 29.2 Å². The van der Waals surface area contributed by atoms with Crippen molar-refractivity contribution in [1.29, 1.82) is 0 Å². The van der Waals surface area contributed by atoms with E-state index in [1.807, 2.05) is 20.8 Å². The maximum atomic E-state index is 14.2. The Morgan fingerprint density at radius 1 is 1.17 bits per heavy atom. The molecule has 0 saturated carbocycles. The second kappa shape index (κ2) is 8.72. The van der Waals surface area contributed by atoms with Crippen molar-refractivity contribution in [3.63, 3.8) is 0 Å². The first-order valence-electron chi connectivity index (χ1n) is 9.71. The first-order valence-corrected chi connectivity index (χ1v) is 9.71. The van der Waals surface area contributed by atoms with Gasteiger partial charge >= 0.3 is 0 Å². The fourth-order valence-corrected chi connectivity index (χ4v) is 3.26. The Morgan fingerprint density at radius 3 is 2.62 bits per heavy atom. The number of hydrogen-bond donors (Lipinski definition) is 0. The lowest BCUT2D eigenvalue weighted by molar-refractivity contribution is -0.135. The highest BCUT2D eigenvalue weighted by atomic mass is 19.1. The van der Waals surface area contributed by atoms with Crippen LogP contribution in [0.15, 0.2) is 53.7 Å². The van der Waals surface area contributed by atoms with Crippen LogP contribution in [0.2, 0.25) is 0 Å². The number of nitrogens with zero attached hydrogens (tertiary/aromatic N) is 2. The highest BCUT2D eigenvalue weighted by Gasteiger charge is 2.29. The normalized spacial score (nSPS) is 16.3. The van der Waals surface area contributed by atoms with Gasteiger partial charge in [0.25, 0.3) is 0 Å². The van der Waals surface area contributed by atoms with Crippen molar-refractivity contribution in [2.24, 2.45) is 10.6 Å². The van der Waals surface area contributed by atoms with Gasteiger partial charge in [0.15, 0.2) is 6.10 Å². The zero-order valence-corrected chi connectivity index (χ0v) is 17.0. The number of halogens is 2. The second-order valence-corrected chi connectivity index (χ2v) is 8.58. The van der Waals surface area contributed by atoms with E-state index in [4.69, 9.17) is 4.84 Å². The van der Waals surface area contributed by atoms with Crippen molar-refractivity contribution >= 4 is 11.6 Å². The van der Waals surface area contributed by atoms with Crippen LogP contribution in [0.5, 0.6) is 0 Å². The molecule has 2 aromatic carbocycles. The van der Waals surface area contributed by atoms with E-state index in [9.17, 15) is 13.6 Å². The van der Waals surface area contributed by atoms with E-state index in [1.165, 1.54) is 18.2 Å². The Kier molecular flexibility index (Phi) is 6.30. The van der Waals surface area contributed by atoms with Crippen molar-refractivity contribution in [1.82, 2.24) is 4.90 Å². The summed E-state index contributed by atoms with van der Waals surface area (Å²) in [6, 6.07) is 12.6. The van der Waals surface area contributed by atoms with Gasteiger partial charge < -0.3 is 9.74 Å². The van der Waals surface area contributed by atoms with Gasteiger partial charge in [0.05, 0.1) is 12.3 Å². The van der Waals surface area contributed by atoms with Crippen molar-refractivity contribution in [2.75, 3.05) is 6.54 Å². The summed E-state index contributed by atoms with van der Waals surface area (Å²) in [5, 5.41) is 4.08. The zero-order valence-electron chi connectivity index (χ0n) is 17.0. The number of benzene rings is 2. The SMILES string of the molecule is CC(C)(C)CC(=O)N(Cc1ccccc1F)CC1CC(c2cccc(F)c2)=NO1. The molecule has 6 heteroatoms. The molecule has 0 N–H and O–H groups in total. The molecule has 4 nitrogen and oxygen atoms in total. The molecule has 0 bridgehead atoms. The summed E-state index contributed by atoms with van der Waals surface area (Å²) < 4.78 is 27.6. The first kappa shape index (κ1) is 21.0. The van der Waals surface area contributed by atoms with E-state index < -0.39 is 0 Å². The molecule has 0 saturated heterocycles. The number of carbonyl (C=O) groups excluding carboxylic acids is 1. The summed E-state index contributed by atoms with van der Waals surface area (Å²) in [5.74, 6) is -0.746. The summed E-state index contributed by atoms with van der Waals surface area (Å²) in [5.41, 5.74) is 1.57. The smallest absolute Gasteiger partial charge is 0.223 e. The van der Waals surface area contributed by atoms with E-state index in [-0.39, 0.29) is 42.2 Å². The predicted octanol–water partition coefficient (Wildman–Crippen LogP) is 4.92. The Hall–Kier alpha value is -2.76. The highest BCUT2D eigenvalue weighted by molar-refractivity contribution is 6.01. The standard InChI is InChI=1S/C23H26F2N2O2/c1-23(2,3)13-22(28)27(14-17-7-4-5-10-20(17)25)15-19-12-21(26-29-19)16-8-6-9-18(24)11-16/h4-11,19H,12-15H2,1-3H3. The molecule has 1 amide bonds. The maximum Gasteiger partial charge on any atom is 0.223 e. The Balaban J connectivity index is 1.72. The molecule has 0 aromatic heterocycles. The van der Waals surface area contributed by atoms with Crippen LogP contribution < -0.4 is 0 Å². The summed E-state index contributed by atoms with van der Waals surface area (Å²) in [6.45, 7) is 6.42. The quantitative estimate of drug-likeness (QED) is 0.690. The van der Waals surface area contributed by atoms with Gasteiger partial charge in [-0.05, 0) is 23.6 Å². The average Bonchev–Trinajstić information content (AvgIpc) is 3.10. The molecule has 1 unspecified atom stereocenters. The molecule has 29 heavy (non-hydrogen) atoms. The lowest BCUT2D eigenvalue weighted by atomic mass is 9.91. The van der Waals surface area contributed by atoms with Gasteiger partial charge in [-0.1, -0.05) is 56.3 Å². The van der Waals surface area contributed by atoms with Crippen LogP contribution in [0.1, 0.15) is 44.7 Å². The largest absolute Gasteiger partial charge is 0.390 e. The number of oxime groups is 1. The van der Waals surface area contributed by atoms with Gasteiger partial charge in [0, 0.05) is 30.5 Å². The molecular formula is C23H26F2N2O2. The highest BCUT2D eigenvalue weighted by Crippen LogP contribution is 2.24. The number of amides is 1. The summed E-state index contributed by atoms with van der Waals surface area (Å²) >= 11 is 0. The fourth-order valence-electron chi connectivity index (χ4n) is 3.26. The van der Waals surface area contributed by atoms with E-state index in [1.54, 1.807) is 35.2 Å². The predicted molar refractivity (Wildman–Crippen MR) is 108 cm³/mol. The topological polar surface area (TPSA) is 41.9 Å². The number of carbonyl (C=O) groups is 1. The van der Waals surface area contributed by atoms with E-state index >= 15 is 0 Å². The van der Waals surface area contributed by atoms with Crippen molar-refractivity contribution < 1.29 is 18.4 Å². The monoisotopic (exact) mass is 400 g/mol. The number of hydrogen-bond acceptors (Lipinski definition) is 3. The minimum Gasteiger partial charge on any atom is -0.390 e. The van der Waals surface area contributed by atoms with Gasteiger partial charge in [-0.25, -0.2) is 8.78 Å². The van der Waals surface area contributed by atoms with Gasteiger partial charge in [-0.2, -0.15) is 0 Å². The van der Waals surface area contributed by atoms with Gasteiger partial charge in [0.2, 0.25) is 5.91 Å². The minimum atomic E-state index is -0.357. The van der Waals surface area contributed by atoms with Crippen LogP contribution in [0.4, 0.5) is 8.78 Å². The molecule has 1 atom stereocenters. The van der Waals surface area contributed by atoms with Gasteiger partial charge in [0.1, 0.15) is 11.6 Å². The Bertz CT molecular complexity index is 906. The van der Waals surface area contributed by atoms with Crippen LogP contribution in [0.3, 0.4) is 0 Å². The molecule has 1 aliphatic rings. The Labute approximate surface area is 170 Å². The van der Waals surface area contributed by atoms with Crippen molar-refractivity contribution in [3.8, 4) is 0 Å². The second-order valence-electron chi connectivity index (χ2n) is 8.58. The third kappa shape index (κ3) is 5.86. The van der Waals surface area contributed by atoms with Crippen LogP contribution in [0, 0.1) is 17.0 Å². The molecule has 3 rings (SSSR count). The molecule has 1 aliphatic heterocycles.